The van der Waals surface area contributed by atoms with Crippen LogP contribution in [-0.2, 0) is 4.79 Å². The highest BCUT2D eigenvalue weighted by Crippen LogP contribution is 2.26. The molecule has 100 valence electrons. The van der Waals surface area contributed by atoms with Gasteiger partial charge < -0.3 is 11.1 Å². The standard InChI is InChI=1S/C14H22N2OS/c1-3-11(2)12-6-4-5-7-13(12)16-14(17)10-18-9-8-15/h4-7,11H,3,8-10,15H2,1-2H3,(H,16,17). The first-order valence-electron chi connectivity index (χ1n) is 6.35. The maximum absolute atomic E-state index is 11.8. The van der Waals surface area contributed by atoms with Gasteiger partial charge >= 0.3 is 0 Å². The van der Waals surface area contributed by atoms with E-state index in [4.69, 9.17) is 5.73 Å². The molecule has 1 atom stereocenters. The van der Waals surface area contributed by atoms with Crippen molar-refractivity contribution in [1.29, 1.82) is 0 Å². The second-order valence-corrected chi connectivity index (χ2v) is 5.39. The minimum Gasteiger partial charge on any atom is -0.330 e. The lowest BCUT2D eigenvalue weighted by Crippen LogP contribution is -2.17. The zero-order valence-corrected chi connectivity index (χ0v) is 11.9. The average Bonchev–Trinajstić information content (AvgIpc) is 2.39. The van der Waals surface area contributed by atoms with Crippen LogP contribution in [0.25, 0.3) is 0 Å². The van der Waals surface area contributed by atoms with Gasteiger partial charge in [-0.2, -0.15) is 11.8 Å². The van der Waals surface area contributed by atoms with Crippen molar-refractivity contribution in [3.8, 4) is 0 Å². The Hall–Kier alpha value is -1.000. The maximum Gasteiger partial charge on any atom is 0.234 e. The number of benzene rings is 1. The molecule has 18 heavy (non-hydrogen) atoms. The van der Waals surface area contributed by atoms with E-state index in [1.807, 2.05) is 18.2 Å². The third-order valence-corrected chi connectivity index (χ3v) is 3.86. The Morgan fingerprint density at radius 3 is 2.83 bits per heavy atom. The largest absolute Gasteiger partial charge is 0.330 e. The molecule has 0 heterocycles. The number of anilines is 1. The van der Waals surface area contributed by atoms with E-state index in [0.29, 0.717) is 18.2 Å². The Morgan fingerprint density at radius 2 is 2.17 bits per heavy atom. The fourth-order valence-corrected chi connectivity index (χ4v) is 2.26. The van der Waals surface area contributed by atoms with Gasteiger partial charge in [0.1, 0.15) is 0 Å². The first kappa shape index (κ1) is 15.1. The van der Waals surface area contributed by atoms with Crippen LogP contribution >= 0.6 is 11.8 Å². The van der Waals surface area contributed by atoms with Gasteiger partial charge in [0, 0.05) is 18.0 Å². The monoisotopic (exact) mass is 266 g/mol. The topological polar surface area (TPSA) is 55.1 Å². The van der Waals surface area contributed by atoms with E-state index in [-0.39, 0.29) is 5.91 Å². The van der Waals surface area contributed by atoms with Crippen LogP contribution < -0.4 is 11.1 Å². The number of amides is 1. The van der Waals surface area contributed by atoms with E-state index in [1.165, 1.54) is 5.56 Å². The molecule has 1 unspecified atom stereocenters. The summed E-state index contributed by atoms with van der Waals surface area (Å²) in [6.07, 6.45) is 1.06. The summed E-state index contributed by atoms with van der Waals surface area (Å²) in [5.74, 6) is 1.79. The molecule has 0 saturated carbocycles. The van der Waals surface area contributed by atoms with Crippen LogP contribution in [0.5, 0.6) is 0 Å². The van der Waals surface area contributed by atoms with E-state index >= 15 is 0 Å². The highest BCUT2D eigenvalue weighted by molar-refractivity contribution is 7.99. The van der Waals surface area contributed by atoms with Gasteiger partial charge in [0.2, 0.25) is 5.91 Å². The van der Waals surface area contributed by atoms with Gasteiger partial charge in [-0.1, -0.05) is 32.0 Å². The van der Waals surface area contributed by atoms with Crippen LogP contribution in [0.3, 0.4) is 0 Å². The molecular weight excluding hydrogens is 244 g/mol. The minimum absolute atomic E-state index is 0.0456. The van der Waals surface area contributed by atoms with Gasteiger partial charge in [-0.25, -0.2) is 0 Å². The SMILES string of the molecule is CCC(C)c1ccccc1NC(=O)CSCCN. The molecule has 0 aliphatic heterocycles. The molecule has 0 fully saturated rings. The van der Waals surface area contributed by atoms with Crippen LogP contribution in [0, 0.1) is 0 Å². The third kappa shape index (κ3) is 4.70. The number of carbonyl (C=O) groups is 1. The van der Waals surface area contributed by atoms with Crippen LogP contribution in [-0.4, -0.2) is 24.0 Å². The number of nitrogens with two attached hydrogens (primary N) is 1. The van der Waals surface area contributed by atoms with Gasteiger partial charge in [-0.3, -0.25) is 4.79 Å². The van der Waals surface area contributed by atoms with E-state index in [0.717, 1.165) is 17.9 Å². The number of rotatable bonds is 7. The number of nitrogens with one attached hydrogen (secondary N) is 1. The zero-order chi connectivity index (χ0) is 13.4. The molecule has 0 aliphatic carbocycles. The fraction of sp³-hybridized carbons (Fsp3) is 0.500. The number of hydrogen-bond acceptors (Lipinski definition) is 3. The van der Waals surface area contributed by atoms with Crippen molar-refractivity contribution in [2.45, 2.75) is 26.2 Å². The highest BCUT2D eigenvalue weighted by atomic mass is 32.2. The van der Waals surface area contributed by atoms with Crippen LogP contribution in [0.2, 0.25) is 0 Å². The lowest BCUT2D eigenvalue weighted by Gasteiger charge is -2.15. The van der Waals surface area contributed by atoms with E-state index < -0.39 is 0 Å². The quantitative estimate of drug-likeness (QED) is 0.746. The van der Waals surface area contributed by atoms with Crippen molar-refractivity contribution in [1.82, 2.24) is 0 Å². The Kier molecular flexibility index (Phi) is 6.83. The normalized spacial score (nSPS) is 12.2. The Bertz CT molecular complexity index is 382. The van der Waals surface area contributed by atoms with Crippen LogP contribution in [0.1, 0.15) is 31.7 Å². The summed E-state index contributed by atoms with van der Waals surface area (Å²) >= 11 is 1.56. The van der Waals surface area contributed by atoms with Gasteiger partial charge in [0.25, 0.3) is 0 Å². The van der Waals surface area contributed by atoms with Crippen molar-refractivity contribution in [3.05, 3.63) is 29.8 Å². The second kappa shape index (κ2) is 8.16. The minimum atomic E-state index is 0.0456. The summed E-state index contributed by atoms with van der Waals surface area (Å²) in [6.45, 7) is 4.94. The molecule has 0 aromatic heterocycles. The predicted octanol–water partition coefficient (Wildman–Crippen LogP) is 2.83. The molecule has 1 rings (SSSR count). The Morgan fingerprint density at radius 1 is 1.44 bits per heavy atom. The summed E-state index contributed by atoms with van der Waals surface area (Å²) < 4.78 is 0. The molecule has 3 N–H and O–H groups in total. The van der Waals surface area contributed by atoms with E-state index in [9.17, 15) is 4.79 Å². The summed E-state index contributed by atoms with van der Waals surface area (Å²) in [4.78, 5) is 11.8. The summed E-state index contributed by atoms with van der Waals surface area (Å²) in [6, 6.07) is 8.01. The van der Waals surface area contributed by atoms with E-state index in [2.05, 4.69) is 25.2 Å². The zero-order valence-electron chi connectivity index (χ0n) is 11.1. The van der Waals surface area contributed by atoms with Crippen molar-refractivity contribution in [2.75, 3.05) is 23.4 Å². The lowest BCUT2D eigenvalue weighted by atomic mass is 9.97. The van der Waals surface area contributed by atoms with E-state index in [1.54, 1.807) is 11.8 Å². The molecule has 0 radical (unpaired) electrons. The van der Waals surface area contributed by atoms with Crippen molar-refractivity contribution in [3.63, 3.8) is 0 Å². The molecule has 0 bridgehead atoms. The number of carbonyl (C=O) groups excluding carboxylic acids is 1. The molecule has 0 saturated heterocycles. The molecular formula is C14H22N2OS. The Labute approximate surface area is 114 Å². The smallest absolute Gasteiger partial charge is 0.234 e. The van der Waals surface area contributed by atoms with Crippen LogP contribution in [0.4, 0.5) is 5.69 Å². The van der Waals surface area contributed by atoms with Crippen molar-refractivity contribution < 1.29 is 4.79 Å². The summed E-state index contributed by atoms with van der Waals surface area (Å²) in [7, 11) is 0. The number of para-hydroxylation sites is 1. The first-order valence-corrected chi connectivity index (χ1v) is 7.51. The fourth-order valence-electron chi connectivity index (χ4n) is 1.69. The predicted molar refractivity (Wildman–Crippen MR) is 80.2 cm³/mol. The van der Waals surface area contributed by atoms with Gasteiger partial charge in [-0.05, 0) is 24.0 Å². The highest BCUT2D eigenvalue weighted by Gasteiger charge is 2.10. The molecule has 1 aromatic rings. The molecule has 0 spiro atoms. The van der Waals surface area contributed by atoms with Crippen molar-refractivity contribution >= 4 is 23.4 Å². The van der Waals surface area contributed by atoms with Crippen molar-refractivity contribution in [2.24, 2.45) is 5.73 Å². The number of thioether (sulfide) groups is 1. The average molecular weight is 266 g/mol. The maximum atomic E-state index is 11.8. The molecule has 0 aliphatic rings. The Balaban J connectivity index is 2.63. The van der Waals surface area contributed by atoms with Gasteiger partial charge in [-0.15, -0.1) is 0 Å². The lowest BCUT2D eigenvalue weighted by molar-refractivity contribution is -0.113. The molecule has 1 amide bonds. The molecule has 3 nitrogen and oxygen atoms in total. The van der Waals surface area contributed by atoms with Gasteiger partial charge in [0.05, 0.1) is 5.75 Å². The summed E-state index contributed by atoms with van der Waals surface area (Å²) in [5, 5.41) is 2.98. The van der Waals surface area contributed by atoms with Gasteiger partial charge in [0.15, 0.2) is 0 Å². The summed E-state index contributed by atoms with van der Waals surface area (Å²) in [5.41, 5.74) is 7.54. The van der Waals surface area contributed by atoms with Crippen LogP contribution in [0.15, 0.2) is 24.3 Å². The third-order valence-electron chi connectivity index (χ3n) is 2.87. The first-order chi connectivity index (χ1) is 8.69. The second-order valence-electron chi connectivity index (χ2n) is 4.29. The molecule has 4 heteroatoms. The molecule has 1 aromatic carbocycles. The number of hydrogen-bond donors (Lipinski definition) is 2.